The Balaban J connectivity index is 1.42. The highest BCUT2D eigenvalue weighted by Crippen LogP contribution is 2.25. The number of benzene rings is 2. The summed E-state index contributed by atoms with van der Waals surface area (Å²) < 4.78 is 5.98. The van der Waals surface area contributed by atoms with Gasteiger partial charge in [0.2, 0.25) is 5.91 Å². The number of piperidine rings is 1. The van der Waals surface area contributed by atoms with Crippen LogP contribution in [0.25, 0.3) is 10.8 Å². The highest BCUT2D eigenvalue weighted by atomic mass is 16.6. The van der Waals surface area contributed by atoms with Crippen LogP contribution in [-0.4, -0.2) is 37.0 Å². The number of anilines is 2. The first-order valence-electron chi connectivity index (χ1n) is 12.5. The number of rotatable bonds is 9. The zero-order valence-corrected chi connectivity index (χ0v) is 21.1. The molecule has 0 saturated carbocycles. The van der Waals surface area contributed by atoms with Crippen LogP contribution in [0, 0.1) is 11.8 Å². The fourth-order valence-electron chi connectivity index (χ4n) is 4.53. The molecule has 1 aliphatic heterocycles. The van der Waals surface area contributed by atoms with Gasteiger partial charge in [0.25, 0.3) is 5.56 Å². The summed E-state index contributed by atoms with van der Waals surface area (Å²) in [6.45, 7) is 5.29. The number of oxime groups is 1. The lowest BCUT2D eigenvalue weighted by Crippen LogP contribution is -2.35. The van der Waals surface area contributed by atoms with Gasteiger partial charge in [0.15, 0.2) is 0 Å². The van der Waals surface area contributed by atoms with E-state index in [1.165, 1.54) is 0 Å². The minimum absolute atomic E-state index is 0.0882. The molecule has 1 aromatic heterocycles. The van der Waals surface area contributed by atoms with E-state index in [4.69, 9.17) is 9.57 Å². The maximum absolute atomic E-state index is 13.2. The molecule has 1 atom stereocenters. The standard InChI is InChI=1S/C28H34N4O4/c1-19(2)16-21(18-36-24-12-7-20-13-14-29-28(34)25(20)17-24)27(33)30-22-8-10-23(11-9-22)32-15-5-4-6-26(32)31-35-3/h7-14,17,19,21H,4-6,15-16,18H2,1-3H3,(H,29,34)(H,30,33)/b31-26+/t21-/m0/s1. The molecule has 0 aliphatic carbocycles. The number of nitrogens with one attached hydrogen (secondary N) is 2. The van der Waals surface area contributed by atoms with Crippen LogP contribution < -0.4 is 20.5 Å². The molecule has 2 aromatic carbocycles. The average molecular weight is 491 g/mol. The van der Waals surface area contributed by atoms with Crippen molar-refractivity contribution in [1.82, 2.24) is 4.98 Å². The number of pyridine rings is 1. The Bertz CT molecular complexity index is 1270. The Morgan fingerprint density at radius 1 is 1.14 bits per heavy atom. The van der Waals surface area contributed by atoms with Crippen molar-refractivity contribution in [3.05, 3.63) is 65.1 Å². The van der Waals surface area contributed by atoms with Crippen LogP contribution in [0.15, 0.2) is 64.7 Å². The van der Waals surface area contributed by atoms with Crippen LogP contribution in [0.2, 0.25) is 0 Å². The topological polar surface area (TPSA) is 96.0 Å². The number of hydrogen-bond donors (Lipinski definition) is 2. The molecule has 0 unspecified atom stereocenters. The van der Waals surface area contributed by atoms with Crippen LogP contribution in [0.3, 0.4) is 0 Å². The first-order chi connectivity index (χ1) is 17.4. The number of hydrogen-bond acceptors (Lipinski definition) is 5. The number of amidine groups is 1. The molecule has 2 heterocycles. The van der Waals surface area contributed by atoms with Gasteiger partial charge in [-0.05, 0) is 73.0 Å². The third kappa shape index (κ3) is 6.24. The Morgan fingerprint density at radius 3 is 2.69 bits per heavy atom. The zero-order valence-electron chi connectivity index (χ0n) is 21.1. The molecule has 1 aliphatic rings. The molecule has 0 radical (unpaired) electrons. The SMILES string of the molecule is CO/N=C1\CCCCN1c1ccc(NC(=O)[C@H](COc2ccc3cc[nH]c(=O)c3c2)CC(C)C)cc1. The predicted molar refractivity (Wildman–Crippen MR) is 144 cm³/mol. The molecule has 8 heteroatoms. The van der Waals surface area contributed by atoms with Gasteiger partial charge in [-0.25, -0.2) is 0 Å². The van der Waals surface area contributed by atoms with Crippen LogP contribution in [0.1, 0.15) is 39.5 Å². The highest BCUT2D eigenvalue weighted by Gasteiger charge is 2.22. The van der Waals surface area contributed by atoms with E-state index in [0.29, 0.717) is 23.5 Å². The molecule has 1 amide bonds. The molecule has 190 valence electrons. The zero-order chi connectivity index (χ0) is 25.5. The van der Waals surface area contributed by atoms with Gasteiger partial charge in [-0.3, -0.25) is 9.59 Å². The molecule has 3 aromatic rings. The van der Waals surface area contributed by atoms with E-state index in [-0.39, 0.29) is 24.0 Å². The van der Waals surface area contributed by atoms with Gasteiger partial charge in [0.05, 0.1) is 17.9 Å². The molecular weight excluding hydrogens is 456 g/mol. The fourth-order valence-corrected chi connectivity index (χ4v) is 4.53. The molecule has 2 N–H and O–H groups in total. The Morgan fingerprint density at radius 2 is 1.94 bits per heavy atom. The van der Waals surface area contributed by atoms with E-state index in [1.807, 2.05) is 42.5 Å². The van der Waals surface area contributed by atoms with Crippen molar-refractivity contribution in [3.63, 3.8) is 0 Å². The number of carbonyl (C=O) groups is 1. The number of aromatic amines is 1. The predicted octanol–water partition coefficient (Wildman–Crippen LogP) is 5.16. The van der Waals surface area contributed by atoms with Crippen molar-refractivity contribution < 1.29 is 14.4 Å². The van der Waals surface area contributed by atoms with Gasteiger partial charge in [-0.2, -0.15) is 0 Å². The lowest BCUT2D eigenvalue weighted by atomic mass is 9.97. The monoisotopic (exact) mass is 490 g/mol. The molecule has 0 spiro atoms. The van der Waals surface area contributed by atoms with E-state index in [9.17, 15) is 9.59 Å². The number of amides is 1. The Hall–Kier alpha value is -3.81. The molecule has 4 rings (SSSR count). The van der Waals surface area contributed by atoms with Crippen LogP contribution in [0.4, 0.5) is 11.4 Å². The van der Waals surface area contributed by atoms with E-state index in [0.717, 1.165) is 48.4 Å². The molecule has 0 bridgehead atoms. The second-order valence-electron chi connectivity index (χ2n) is 9.53. The Labute approximate surface area is 211 Å². The minimum Gasteiger partial charge on any atom is -0.493 e. The smallest absolute Gasteiger partial charge is 0.255 e. The van der Waals surface area contributed by atoms with Crippen LogP contribution in [-0.2, 0) is 9.63 Å². The molecule has 1 saturated heterocycles. The second-order valence-corrected chi connectivity index (χ2v) is 9.53. The summed E-state index contributed by atoms with van der Waals surface area (Å²) in [5.74, 6) is 1.39. The lowest BCUT2D eigenvalue weighted by Gasteiger charge is -2.29. The second kappa shape index (κ2) is 11.7. The largest absolute Gasteiger partial charge is 0.493 e. The number of H-pyrrole nitrogens is 1. The first kappa shape index (κ1) is 25.3. The van der Waals surface area contributed by atoms with Crippen LogP contribution >= 0.6 is 0 Å². The highest BCUT2D eigenvalue weighted by molar-refractivity contribution is 5.98. The van der Waals surface area contributed by atoms with Gasteiger partial charge in [-0.1, -0.05) is 25.1 Å². The quantitative estimate of drug-likeness (QED) is 0.404. The van der Waals surface area contributed by atoms with Gasteiger partial charge in [0, 0.05) is 30.5 Å². The third-order valence-electron chi connectivity index (χ3n) is 6.31. The summed E-state index contributed by atoms with van der Waals surface area (Å²) in [5.41, 5.74) is 1.59. The summed E-state index contributed by atoms with van der Waals surface area (Å²) in [6.07, 6.45) is 5.39. The maximum Gasteiger partial charge on any atom is 0.255 e. The number of fused-ring (bicyclic) bond motifs is 1. The maximum atomic E-state index is 13.2. The number of nitrogens with zero attached hydrogens (tertiary/aromatic N) is 2. The van der Waals surface area contributed by atoms with Gasteiger partial charge in [0.1, 0.15) is 18.7 Å². The van der Waals surface area contributed by atoms with Crippen LogP contribution in [0.5, 0.6) is 5.75 Å². The summed E-state index contributed by atoms with van der Waals surface area (Å²) in [7, 11) is 1.56. The third-order valence-corrected chi connectivity index (χ3v) is 6.31. The number of carbonyl (C=O) groups excluding carboxylic acids is 1. The van der Waals surface area contributed by atoms with Crippen molar-refractivity contribution >= 4 is 33.9 Å². The van der Waals surface area contributed by atoms with Gasteiger partial charge >= 0.3 is 0 Å². The van der Waals surface area contributed by atoms with E-state index < -0.39 is 0 Å². The van der Waals surface area contributed by atoms with E-state index in [2.05, 4.69) is 34.2 Å². The molecule has 36 heavy (non-hydrogen) atoms. The van der Waals surface area contributed by atoms with E-state index in [1.54, 1.807) is 19.4 Å². The number of ether oxygens (including phenoxy) is 1. The van der Waals surface area contributed by atoms with Crippen molar-refractivity contribution in [2.24, 2.45) is 17.0 Å². The average Bonchev–Trinajstić information content (AvgIpc) is 2.88. The first-order valence-corrected chi connectivity index (χ1v) is 12.5. The summed E-state index contributed by atoms with van der Waals surface area (Å²) in [6, 6.07) is 15.1. The van der Waals surface area contributed by atoms with Gasteiger partial charge in [-0.15, -0.1) is 0 Å². The van der Waals surface area contributed by atoms with Crippen molar-refractivity contribution in [3.8, 4) is 5.75 Å². The number of aromatic nitrogens is 1. The molecule has 8 nitrogen and oxygen atoms in total. The van der Waals surface area contributed by atoms with E-state index >= 15 is 0 Å². The summed E-state index contributed by atoms with van der Waals surface area (Å²) in [4.78, 5) is 35.1. The normalized spacial score (nSPS) is 15.8. The lowest BCUT2D eigenvalue weighted by molar-refractivity contribution is -0.121. The fraction of sp³-hybridized carbons (Fsp3) is 0.393. The van der Waals surface area contributed by atoms with Crippen molar-refractivity contribution in [2.45, 2.75) is 39.5 Å². The minimum atomic E-state index is -0.336. The summed E-state index contributed by atoms with van der Waals surface area (Å²) >= 11 is 0. The van der Waals surface area contributed by atoms with Gasteiger partial charge < -0.3 is 24.8 Å². The molecule has 1 fully saturated rings. The Kier molecular flexibility index (Phi) is 8.25. The summed E-state index contributed by atoms with van der Waals surface area (Å²) in [5, 5.41) is 8.62. The van der Waals surface area contributed by atoms with Crippen molar-refractivity contribution in [1.29, 1.82) is 0 Å². The van der Waals surface area contributed by atoms with Crippen molar-refractivity contribution in [2.75, 3.05) is 30.5 Å². The molecular formula is C28H34N4O4.